The first kappa shape index (κ1) is 29.4. The first-order valence-electron chi connectivity index (χ1n) is 14.9. The van der Waals surface area contributed by atoms with Crippen molar-refractivity contribution in [3.8, 4) is 0 Å². The second-order valence-corrected chi connectivity index (χ2v) is 13.0. The van der Waals surface area contributed by atoms with Gasteiger partial charge in [0, 0.05) is 13.2 Å². The molecule has 0 aromatic carbocycles. The van der Waals surface area contributed by atoms with E-state index >= 15 is 0 Å². The summed E-state index contributed by atoms with van der Waals surface area (Å²) in [6.45, 7) is 14.9. The molecule has 3 fully saturated rings. The summed E-state index contributed by atoms with van der Waals surface area (Å²) in [6.07, 6.45) is 7.76. The van der Waals surface area contributed by atoms with Crippen molar-refractivity contribution in [3.05, 3.63) is 0 Å². The third-order valence-corrected chi connectivity index (χ3v) is 10.3. The molecule has 0 aromatic rings. The van der Waals surface area contributed by atoms with Gasteiger partial charge in [-0.05, 0) is 92.8 Å². The first-order chi connectivity index (χ1) is 16.6. The summed E-state index contributed by atoms with van der Waals surface area (Å²) in [5, 5.41) is 34.7. The highest BCUT2D eigenvalue weighted by Crippen LogP contribution is 2.48. The molecule has 0 radical (unpaired) electrons. The maximum atomic E-state index is 11.8. The number of rotatable bonds is 10. The van der Waals surface area contributed by atoms with E-state index in [4.69, 9.17) is 9.47 Å². The minimum absolute atomic E-state index is 0.00517. The largest absolute Gasteiger partial charge is 0.390 e. The summed E-state index contributed by atoms with van der Waals surface area (Å²) in [5.74, 6) is 2.37. The smallest absolute Gasteiger partial charge is 0.0914 e. The highest BCUT2D eigenvalue weighted by Gasteiger charge is 2.49. The maximum Gasteiger partial charge on any atom is 0.0914 e. The van der Waals surface area contributed by atoms with Gasteiger partial charge in [-0.15, -0.1) is 0 Å². The molecule has 1 heterocycles. The Morgan fingerprint density at radius 3 is 2.37 bits per heavy atom. The van der Waals surface area contributed by atoms with Gasteiger partial charge in [0.1, 0.15) is 0 Å². The lowest BCUT2D eigenvalue weighted by atomic mass is 9.60. The Kier molecular flexibility index (Phi) is 10.9. The van der Waals surface area contributed by atoms with Crippen LogP contribution in [0, 0.1) is 47.3 Å². The number of fused-ring (bicyclic) bond motifs is 1. The van der Waals surface area contributed by atoms with Crippen LogP contribution in [-0.4, -0.2) is 59.1 Å². The molecule has 1 aliphatic heterocycles. The molecule has 1 saturated heterocycles. The van der Waals surface area contributed by atoms with E-state index in [1.165, 1.54) is 12.8 Å². The fourth-order valence-electron chi connectivity index (χ4n) is 8.06. The van der Waals surface area contributed by atoms with Gasteiger partial charge < -0.3 is 24.8 Å². The Hall–Kier alpha value is -0.200. The lowest BCUT2D eigenvalue weighted by molar-refractivity contribution is -0.165. The van der Waals surface area contributed by atoms with E-state index in [0.717, 1.165) is 51.7 Å². The molecule has 0 amide bonds. The summed E-state index contributed by atoms with van der Waals surface area (Å²) in [5.41, 5.74) is -0.955. The van der Waals surface area contributed by atoms with E-state index in [0.29, 0.717) is 42.6 Å². The van der Waals surface area contributed by atoms with Crippen molar-refractivity contribution in [3.63, 3.8) is 0 Å². The topological polar surface area (TPSA) is 79.2 Å². The van der Waals surface area contributed by atoms with Gasteiger partial charge in [0.05, 0.1) is 30.5 Å². The van der Waals surface area contributed by atoms with Gasteiger partial charge in [0.25, 0.3) is 0 Å². The number of hydrogen-bond donors (Lipinski definition) is 3. The molecular formula is C30H56O5. The zero-order chi connectivity index (χ0) is 25.8. The minimum atomic E-state index is -0.955. The van der Waals surface area contributed by atoms with Crippen molar-refractivity contribution < 1.29 is 24.8 Å². The Morgan fingerprint density at radius 1 is 0.943 bits per heavy atom. The molecule has 3 rings (SSSR count). The Balaban J connectivity index is 1.69. The van der Waals surface area contributed by atoms with Crippen molar-refractivity contribution in [1.29, 1.82) is 0 Å². The Morgan fingerprint density at radius 2 is 1.66 bits per heavy atom. The number of ether oxygens (including phenoxy) is 2. The molecule has 35 heavy (non-hydrogen) atoms. The fraction of sp³-hybridized carbons (Fsp3) is 1.00. The molecule has 5 nitrogen and oxygen atoms in total. The molecule has 0 spiro atoms. The molecule has 5 heteroatoms. The van der Waals surface area contributed by atoms with Crippen LogP contribution >= 0.6 is 0 Å². The third kappa shape index (κ3) is 7.02. The molecule has 206 valence electrons. The van der Waals surface area contributed by atoms with Crippen molar-refractivity contribution in [1.82, 2.24) is 0 Å². The monoisotopic (exact) mass is 496 g/mol. The zero-order valence-corrected chi connectivity index (χ0v) is 23.5. The van der Waals surface area contributed by atoms with Crippen molar-refractivity contribution in [2.45, 2.75) is 123 Å². The van der Waals surface area contributed by atoms with E-state index in [1.807, 2.05) is 6.92 Å². The standard InChI is InChI=1S/C30H56O5/c1-7-9-21(4)35-18-30(33)16-19(2)11-14-27(30)23(6)29(32)28(31)22(5)25-13-12-20(3)24-10-8-15-34-17-26(24)25/h19-29,31-33H,7-18H2,1-6H3/t19-,20-,21?,22?,23?,24?,25+,26?,27+,28?,29?,30+/m1/s1. The lowest BCUT2D eigenvalue weighted by Gasteiger charge is -2.48. The van der Waals surface area contributed by atoms with E-state index in [1.54, 1.807) is 0 Å². The molecule has 2 aliphatic carbocycles. The highest BCUT2D eigenvalue weighted by molar-refractivity contribution is 4.99. The van der Waals surface area contributed by atoms with Crippen molar-refractivity contribution >= 4 is 0 Å². The van der Waals surface area contributed by atoms with Crippen LogP contribution in [0.1, 0.15) is 99.3 Å². The zero-order valence-electron chi connectivity index (χ0n) is 23.5. The lowest BCUT2D eigenvalue weighted by Crippen LogP contribution is -2.54. The molecule has 2 saturated carbocycles. The summed E-state index contributed by atoms with van der Waals surface area (Å²) in [6, 6.07) is 0. The van der Waals surface area contributed by atoms with E-state index < -0.39 is 17.8 Å². The van der Waals surface area contributed by atoms with Crippen LogP contribution in [0.5, 0.6) is 0 Å². The predicted molar refractivity (Wildman–Crippen MR) is 141 cm³/mol. The van der Waals surface area contributed by atoms with Gasteiger partial charge in [-0.25, -0.2) is 0 Å². The maximum absolute atomic E-state index is 11.8. The summed E-state index contributed by atoms with van der Waals surface area (Å²) >= 11 is 0. The van der Waals surface area contributed by atoms with Crippen LogP contribution in [0.25, 0.3) is 0 Å². The predicted octanol–water partition coefficient (Wildman–Crippen LogP) is 5.44. The first-order valence-corrected chi connectivity index (χ1v) is 14.9. The molecule has 3 N–H and O–H groups in total. The fourth-order valence-corrected chi connectivity index (χ4v) is 8.06. The van der Waals surface area contributed by atoms with Gasteiger partial charge in [-0.2, -0.15) is 0 Å². The summed E-state index contributed by atoms with van der Waals surface area (Å²) in [4.78, 5) is 0. The average Bonchev–Trinajstić information content (AvgIpc) is 3.08. The molecule has 0 aromatic heterocycles. The van der Waals surface area contributed by atoms with E-state index in [9.17, 15) is 15.3 Å². The second kappa shape index (κ2) is 13.0. The van der Waals surface area contributed by atoms with Crippen molar-refractivity contribution in [2.75, 3.05) is 19.8 Å². The van der Waals surface area contributed by atoms with Crippen LogP contribution < -0.4 is 0 Å². The molecule has 12 atom stereocenters. The average molecular weight is 497 g/mol. The number of aliphatic hydroxyl groups excluding tert-OH is 2. The molecule has 3 aliphatic rings. The van der Waals surface area contributed by atoms with Gasteiger partial charge in [-0.3, -0.25) is 0 Å². The Bertz CT molecular complexity index is 628. The minimum Gasteiger partial charge on any atom is -0.390 e. The third-order valence-electron chi connectivity index (χ3n) is 10.3. The SMILES string of the molecule is CCCC(C)OC[C@@]1(O)C[C@H](C)CC[C@H]1C(C)C(O)C(O)C(C)[C@@H]1CC[C@@H](C)C2CCCOCC21. The second-order valence-electron chi connectivity index (χ2n) is 13.0. The number of hydrogen-bond acceptors (Lipinski definition) is 5. The normalized spacial score (nSPS) is 40.7. The summed E-state index contributed by atoms with van der Waals surface area (Å²) < 4.78 is 12.1. The highest BCUT2D eigenvalue weighted by atomic mass is 16.5. The van der Waals surface area contributed by atoms with Gasteiger partial charge in [0.15, 0.2) is 0 Å². The quantitative estimate of drug-likeness (QED) is 0.375. The Labute approximate surface area is 215 Å². The van der Waals surface area contributed by atoms with Crippen LogP contribution in [0.4, 0.5) is 0 Å². The van der Waals surface area contributed by atoms with E-state index in [2.05, 4.69) is 34.6 Å². The van der Waals surface area contributed by atoms with E-state index in [-0.39, 0.29) is 23.9 Å². The van der Waals surface area contributed by atoms with Crippen LogP contribution in [0.3, 0.4) is 0 Å². The van der Waals surface area contributed by atoms with Crippen LogP contribution in [-0.2, 0) is 9.47 Å². The van der Waals surface area contributed by atoms with Gasteiger partial charge >= 0.3 is 0 Å². The van der Waals surface area contributed by atoms with Crippen molar-refractivity contribution in [2.24, 2.45) is 47.3 Å². The van der Waals surface area contributed by atoms with Crippen LogP contribution in [0.2, 0.25) is 0 Å². The molecule has 7 unspecified atom stereocenters. The summed E-state index contributed by atoms with van der Waals surface area (Å²) in [7, 11) is 0. The molecule has 0 bridgehead atoms. The van der Waals surface area contributed by atoms with Gasteiger partial charge in [-0.1, -0.05) is 53.9 Å². The van der Waals surface area contributed by atoms with Gasteiger partial charge in [0.2, 0.25) is 0 Å². The number of aliphatic hydroxyl groups is 3. The van der Waals surface area contributed by atoms with Crippen LogP contribution in [0.15, 0.2) is 0 Å². The molecular weight excluding hydrogens is 440 g/mol.